The average Bonchev–Trinajstić information content (AvgIpc) is 2.49. The lowest BCUT2D eigenvalue weighted by Crippen LogP contribution is -2.28. The SMILES string of the molecule is CCCNC(=O)CCNCc1cc(OC)ccc1OC. The van der Waals surface area contributed by atoms with Crippen molar-refractivity contribution in [3.8, 4) is 11.5 Å². The Balaban J connectivity index is 2.39. The summed E-state index contributed by atoms with van der Waals surface area (Å²) < 4.78 is 10.5. The highest BCUT2D eigenvalue weighted by Gasteiger charge is 2.05. The molecule has 0 atom stereocenters. The summed E-state index contributed by atoms with van der Waals surface area (Å²) in [5, 5.41) is 6.09. The van der Waals surface area contributed by atoms with Crippen LogP contribution in [0.4, 0.5) is 0 Å². The first kappa shape index (κ1) is 16.3. The predicted octanol–water partition coefficient (Wildman–Crippen LogP) is 1.71. The van der Waals surface area contributed by atoms with Gasteiger partial charge in [-0.15, -0.1) is 0 Å². The number of carbonyl (C=O) groups excluding carboxylic acids is 1. The highest BCUT2D eigenvalue weighted by Crippen LogP contribution is 2.23. The Kier molecular flexibility index (Phi) is 7.50. The van der Waals surface area contributed by atoms with E-state index in [1.807, 2.05) is 25.1 Å². The van der Waals surface area contributed by atoms with Gasteiger partial charge in [0.05, 0.1) is 14.2 Å². The van der Waals surface area contributed by atoms with Crippen LogP contribution in [0.5, 0.6) is 11.5 Å². The van der Waals surface area contributed by atoms with Crippen LogP contribution in [0, 0.1) is 0 Å². The molecule has 0 spiro atoms. The van der Waals surface area contributed by atoms with Gasteiger partial charge in [0.15, 0.2) is 0 Å². The van der Waals surface area contributed by atoms with Gasteiger partial charge in [-0.3, -0.25) is 4.79 Å². The number of ether oxygens (including phenoxy) is 2. The maximum atomic E-state index is 11.4. The minimum atomic E-state index is 0.0805. The molecule has 5 heteroatoms. The standard InChI is InChI=1S/C15H24N2O3/c1-4-8-17-15(18)7-9-16-11-12-10-13(19-2)5-6-14(12)20-3/h5-6,10,16H,4,7-9,11H2,1-3H3,(H,17,18). The fraction of sp³-hybridized carbons (Fsp3) is 0.533. The van der Waals surface area contributed by atoms with E-state index in [0.717, 1.165) is 30.0 Å². The second-order valence-corrected chi connectivity index (χ2v) is 4.45. The second-order valence-electron chi connectivity index (χ2n) is 4.45. The average molecular weight is 280 g/mol. The molecule has 0 saturated carbocycles. The van der Waals surface area contributed by atoms with E-state index in [1.165, 1.54) is 0 Å². The largest absolute Gasteiger partial charge is 0.497 e. The van der Waals surface area contributed by atoms with E-state index in [4.69, 9.17) is 9.47 Å². The molecule has 0 heterocycles. The molecule has 1 amide bonds. The van der Waals surface area contributed by atoms with Crippen molar-refractivity contribution in [3.63, 3.8) is 0 Å². The van der Waals surface area contributed by atoms with Crippen LogP contribution in [0.1, 0.15) is 25.3 Å². The Labute approximate surface area is 120 Å². The molecule has 2 N–H and O–H groups in total. The van der Waals surface area contributed by atoms with Gasteiger partial charge in [0.2, 0.25) is 5.91 Å². The van der Waals surface area contributed by atoms with Gasteiger partial charge >= 0.3 is 0 Å². The highest BCUT2D eigenvalue weighted by atomic mass is 16.5. The lowest BCUT2D eigenvalue weighted by atomic mass is 10.2. The molecule has 0 fully saturated rings. The zero-order valence-electron chi connectivity index (χ0n) is 12.5. The second kappa shape index (κ2) is 9.20. The Morgan fingerprint density at radius 1 is 1.20 bits per heavy atom. The summed E-state index contributed by atoms with van der Waals surface area (Å²) in [7, 11) is 3.28. The molecule has 0 saturated heterocycles. The van der Waals surface area contributed by atoms with Crippen LogP contribution in [-0.2, 0) is 11.3 Å². The van der Waals surface area contributed by atoms with E-state index in [-0.39, 0.29) is 5.91 Å². The molecule has 112 valence electrons. The van der Waals surface area contributed by atoms with Crippen LogP contribution in [0.25, 0.3) is 0 Å². The van der Waals surface area contributed by atoms with E-state index in [0.29, 0.717) is 19.5 Å². The van der Waals surface area contributed by atoms with Crippen molar-refractivity contribution < 1.29 is 14.3 Å². The third-order valence-electron chi connectivity index (χ3n) is 2.90. The fourth-order valence-electron chi connectivity index (χ4n) is 1.80. The Morgan fingerprint density at radius 2 is 2.00 bits per heavy atom. The highest BCUT2D eigenvalue weighted by molar-refractivity contribution is 5.75. The number of benzene rings is 1. The van der Waals surface area contributed by atoms with Gasteiger partial charge in [-0.25, -0.2) is 0 Å². The first-order valence-electron chi connectivity index (χ1n) is 6.89. The lowest BCUT2D eigenvalue weighted by molar-refractivity contribution is -0.120. The zero-order valence-corrected chi connectivity index (χ0v) is 12.5. The predicted molar refractivity (Wildman–Crippen MR) is 79.2 cm³/mol. The van der Waals surface area contributed by atoms with E-state index in [9.17, 15) is 4.79 Å². The van der Waals surface area contributed by atoms with Crippen molar-refractivity contribution in [1.29, 1.82) is 0 Å². The third-order valence-corrected chi connectivity index (χ3v) is 2.90. The first-order valence-corrected chi connectivity index (χ1v) is 6.89. The number of rotatable bonds is 9. The number of hydrogen-bond acceptors (Lipinski definition) is 4. The van der Waals surface area contributed by atoms with Crippen molar-refractivity contribution in [2.24, 2.45) is 0 Å². The molecule has 1 aromatic rings. The van der Waals surface area contributed by atoms with Gasteiger partial charge < -0.3 is 20.1 Å². The lowest BCUT2D eigenvalue weighted by Gasteiger charge is -2.11. The first-order chi connectivity index (χ1) is 9.71. The van der Waals surface area contributed by atoms with Crippen LogP contribution < -0.4 is 20.1 Å². The number of amides is 1. The summed E-state index contributed by atoms with van der Waals surface area (Å²) in [6.45, 7) is 4.05. The normalized spacial score (nSPS) is 10.2. The van der Waals surface area contributed by atoms with Gasteiger partial charge in [0, 0.05) is 31.6 Å². The summed E-state index contributed by atoms with van der Waals surface area (Å²) in [5.74, 6) is 1.69. The molecule has 0 aliphatic heterocycles. The topological polar surface area (TPSA) is 59.6 Å². The van der Waals surface area contributed by atoms with Gasteiger partial charge in [-0.05, 0) is 24.6 Å². The Hall–Kier alpha value is -1.75. The summed E-state index contributed by atoms with van der Waals surface area (Å²) in [6, 6.07) is 5.67. The van der Waals surface area contributed by atoms with Gasteiger partial charge in [0.1, 0.15) is 11.5 Å². The molecular weight excluding hydrogens is 256 g/mol. The molecule has 1 rings (SSSR count). The van der Waals surface area contributed by atoms with Gasteiger partial charge in [-0.2, -0.15) is 0 Å². The van der Waals surface area contributed by atoms with Crippen molar-refractivity contribution in [2.45, 2.75) is 26.3 Å². The third kappa shape index (κ3) is 5.48. The summed E-state index contributed by atoms with van der Waals surface area (Å²) in [4.78, 5) is 11.4. The van der Waals surface area contributed by atoms with Crippen molar-refractivity contribution in [3.05, 3.63) is 23.8 Å². The molecule has 0 aliphatic rings. The molecule has 5 nitrogen and oxygen atoms in total. The number of nitrogens with one attached hydrogen (secondary N) is 2. The molecule has 0 aromatic heterocycles. The maximum absolute atomic E-state index is 11.4. The molecule has 0 bridgehead atoms. The maximum Gasteiger partial charge on any atom is 0.221 e. The molecular formula is C15H24N2O3. The van der Waals surface area contributed by atoms with Crippen molar-refractivity contribution >= 4 is 5.91 Å². The number of methoxy groups -OCH3 is 2. The molecule has 1 aromatic carbocycles. The quantitative estimate of drug-likeness (QED) is 0.676. The van der Waals surface area contributed by atoms with Crippen LogP contribution in [0.2, 0.25) is 0 Å². The summed E-state index contributed by atoms with van der Waals surface area (Å²) >= 11 is 0. The Bertz CT molecular complexity index is 422. The van der Waals surface area contributed by atoms with E-state index < -0.39 is 0 Å². The number of hydrogen-bond donors (Lipinski definition) is 2. The fourth-order valence-corrected chi connectivity index (χ4v) is 1.80. The zero-order chi connectivity index (χ0) is 14.8. The molecule has 0 unspecified atom stereocenters. The minimum Gasteiger partial charge on any atom is -0.497 e. The van der Waals surface area contributed by atoms with Crippen LogP contribution >= 0.6 is 0 Å². The molecule has 0 radical (unpaired) electrons. The molecule has 20 heavy (non-hydrogen) atoms. The Morgan fingerprint density at radius 3 is 2.65 bits per heavy atom. The van der Waals surface area contributed by atoms with Gasteiger partial charge in [-0.1, -0.05) is 6.92 Å². The van der Waals surface area contributed by atoms with Crippen molar-refractivity contribution in [2.75, 3.05) is 27.3 Å². The summed E-state index contributed by atoms with van der Waals surface area (Å²) in [6.07, 6.45) is 1.44. The van der Waals surface area contributed by atoms with Gasteiger partial charge in [0.25, 0.3) is 0 Å². The van der Waals surface area contributed by atoms with E-state index in [1.54, 1.807) is 14.2 Å². The van der Waals surface area contributed by atoms with E-state index >= 15 is 0 Å². The molecule has 0 aliphatic carbocycles. The minimum absolute atomic E-state index is 0.0805. The van der Waals surface area contributed by atoms with E-state index in [2.05, 4.69) is 10.6 Å². The van der Waals surface area contributed by atoms with Crippen LogP contribution in [0.15, 0.2) is 18.2 Å². The monoisotopic (exact) mass is 280 g/mol. The number of carbonyl (C=O) groups is 1. The van der Waals surface area contributed by atoms with Crippen LogP contribution in [-0.4, -0.2) is 33.2 Å². The smallest absolute Gasteiger partial charge is 0.221 e. The summed E-state index contributed by atoms with van der Waals surface area (Å²) in [5.41, 5.74) is 1.01. The van der Waals surface area contributed by atoms with Crippen LogP contribution in [0.3, 0.4) is 0 Å². The van der Waals surface area contributed by atoms with Crippen molar-refractivity contribution in [1.82, 2.24) is 10.6 Å².